The average Bonchev–Trinajstić information content (AvgIpc) is 3.15. The van der Waals surface area contributed by atoms with Crippen LogP contribution in [0.1, 0.15) is 10.4 Å². The Morgan fingerprint density at radius 2 is 1.71 bits per heavy atom. The van der Waals surface area contributed by atoms with Gasteiger partial charge in [0.05, 0.1) is 5.56 Å². The number of aryl methyl sites for hydroxylation is 2. The minimum Gasteiger partial charge on any atom is -0.366 e. The lowest BCUT2D eigenvalue weighted by Crippen LogP contribution is -2.10. The van der Waals surface area contributed by atoms with Crippen molar-refractivity contribution in [3.63, 3.8) is 0 Å². The zero-order valence-corrected chi connectivity index (χ0v) is 11.6. The lowest BCUT2D eigenvalue weighted by molar-refractivity contribution is 0.1000. The maximum atomic E-state index is 11.4. The van der Waals surface area contributed by atoms with E-state index >= 15 is 0 Å². The minimum atomic E-state index is -0.396. The predicted molar refractivity (Wildman–Crippen MR) is 82.8 cm³/mol. The van der Waals surface area contributed by atoms with Gasteiger partial charge in [-0.05, 0) is 23.8 Å². The molecule has 0 unspecified atom stereocenters. The predicted octanol–water partition coefficient (Wildman–Crippen LogP) is 2.76. The maximum absolute atomic E-state index is 11.4. The Bertz CT molecular complexity index is 727. The van der Waals surface area contributed by atoms with Crippen molar-refractivity contribution in [3.05, 3.63) is 72.7 Å². The van der Waals surface area contributed by atoms with Crippen molar-refractivity contribution in [2.45, 2.75) is 13.1 Å². The molecule has 3 rings (SSSR count). The second-order valence-electron chi connectivity index (χ2n) is 4.96. The summed E-state index contributed by atoms with van der Waals surface area (Å²) >= 11 is 0. The molecule has 2 aromatic heterocycles. The van der Waals surface area contributed by atoms with Crippen LogP contribution in [0.4, 0.5) is 0 Å². The molecule has 4 heteroatoms. The van der Waals surface area contributed by atoms with E-state index in [9.17, 15) is 4.79 Å². The molecule has 21 heavy (non-hydrogen) atoms. The van der Waals surface area contributed by atoms with Crippen LogP contribution in [0.25, 0.3) is 11.3 Å². The number of carbonyl (C=O) groups is 1. The number of nitrogens with zero attached hydrogens (tertiary/aromatic N) is 2. The van der Waals surface area contributed by atoms with E-state index < -0.39 is 5.91 Å². The first kappa shape index (κ1) is 13.2. The van der Waals surface area contributed by atoms with Crippen LogP contribution in [0, 0.1) is 0 Å². The number of aromatic nitrogens is 2. The van der Waals surface area contributed by atoms with Gasteiger partial charge < -0.3 is 14.9 Å². The van der Waals surface area contributed by atoms with Crippen LogP contribution in [0.5, 0.6) is 0 Å². The highest BCUT2D eigenvalue weighted by Crippen LogP contribution is 2.22. The third-order valence-electron chi connectivity index (χ3n) is 3.52. The van der Waals surface area contributed by atoms with Crippen LogP contribution in [-0.2, 0) is 13.1 Å². The molecule has 0 aliphatic heterocycles. The number of benzene rings is 1. The fourth-order valence-corrected chi connectivity index (χ4v) is 2.43. The fourth-order valence-electron chi connectivity index (χ4n) is 2.43. The summed E-state index contributed by atoms with van der Waals surface area (Å²) in [7, 11) is 0. The number of nitrogens with two attached hydrogens (primary N) is 1. The topological polar surface area (TPSA) is 53.0 Å². The molecule has 106 valence electrons. The first-order valence-electron chi connectivity index (χ1n) is 6.90. The summed E-state index contributed by atoms with van der Waals surface area (Å²) in [5.74, 6) is -0.396. The molecule has 0 atom stereocenters. The Kier molecular flexibility index (Phi) is 3.60. The molecule has 1 aromatic carbocycles. The molecule has 0 radical (unpaired) electrons. The van der Waals surface area contributed by atoms with Gasteiger partial charge in [-0.2, -0.15) is 0 Å². The number of amides is 1. The van der Waals surface area contributed by atoms with Crippen molar-refractivity contribution in [3.8, 4) is 11.3 Å². The Morgan fingerprint density at radius 3 is 2.38 bits per heavy atom. The third-order valence-corrected chi connectivity index (χ3v) is 3.52. The van der Waals surface area contributed by atoms with Gasteiger partial charge in [-0.1, -0.05) is 30.3 Å². The summed E-state index contributed by atoms with van der Waals surface area (Å²) in [5.41, 5.74) is 8.04. The molecule has 0 aliphatic carbocycles. The Balaban J connectivity index is 1.92. The van der Waals surface area contributed by atoms with E-state index in [4.69, 9.17) is 5.73 Å². The summed E-state index contributed by atoms with van der Waals surface area (Å²) in [6.45, 7) is 1.63. The molecule has 2 heterocycles. The van der Waals surface area contributed by atoms with Crippen LogP contribution >= 0.6 is 0 Å². The standard InChI is InChI=1S/C17H17N3O/c18-17(21)15-12-16(14-6-2-1-3-7-14)20(13-15)11-10-19-8-4-5-9-19/h1-9,12-13H,10-11H2,(H2,18,21). The van der Waals surface area contributed by atoms with E-state index in [1.807, 2.05) is 67.1 Å². The summed E-state index contributed by atoms with van der Waals surface area (Å²) in [6.07, 6.45) is 5.88. The number of rotatable bonds is 5. The van der Waals surface area contributed by atoms with Crippen LogP contribution in [0.3, 0.4) is 0 Å². The van der Waals surface area contributed by atoms with E-state index in [2.05, 4.69) is 9.13 Å². The second kappa shape index (κ2) is 5.71. The van der Waals surface area contributed by atoms with Crippen molar-refractivity contribution in [2.75, 3.05) is 0 Å². The molecule has 0 aliphatic rings. The molecule has 2 N–H and O–H groups in total. The first-order chi connectivity index (χ1) is 10.2. The van der Waals surface area contributed by atoms with Gasteiger partial charge >= 0.3 is 0 Å². The fraction of sp³-hybridized carbons (Fsp3) is 0.118. The molecule has 0 saturated heterocycles. The first-order valence-corrected chi connectivity index (χ1v) is 6.90. The van der Waals surface area contributed by atoms with Gasteiger partial charge in [0.25, 0.3) is 0 Å². The van der Waals surface area contributed by atoms with Gasteiger partial charge in [-0.25, -0.2) is 0 Å². The monoisotopic (exact) mass is 279 g/mol. The summed E-state index contributed by atoms with van der Waals surface area (Å²) < 4.78 is 4.19. The number of primary amides is 1. The zero-order chi connectivity index (χ0) is 14.7. The molecular weight excluding hydrogens is 262 g/mol. The number of hydrogen-bond acceptors (Lipinski definition) is 1. The van der Waals surface area contributed by atoms with Gasteiger partial charge in [0.2, 0.25) is 5.91 Å². The third kappa shape index (κ3) is 2.89. The van der Waals surface area contributed by atoms with Crippen molar-refractivity contribution in [2.24, 2.45) is 5.73 Å². The van der Waals surface area contributed by atoms with Crippen LogP contribution in [0.2, 0.25) is 0 Å². The lowest BCUT2D eigenvalue weighted by atomic mass is 10.1. The number of carbonyl (C=O) groups excluding carboxylic acids is 1. The lowest BCUT2D eigenvalue weighted by Gasteiger charge is -2.10. The molecule has 0 saturated carbocycles. The van der Waals surface area contributed by atoms with Gasteiger partial charge in [-0.15, -0.1) is 0 Å². The van der Waals surface area contributed by atoms with E-state index in [1.165, 1.54) is 0 Å². The van der Waals surface area contributed by atoms with E-state index in [1.54, 1.807) is 0 Å². The normalized spacial score (nSPS) is 10.7. The second-order valence-corrected chi connectivity index (χ2v) is 4.96. The molecule has 0 bridgehead atoms. The van der Waals surface area contributed by atoms with Crippen LogP contribution in [-0.4, -0.2) is 15.0 Å². The Hall–Kier alpha value is -2.75. The SMILES string of the molecule is NC(=O)c1cc(-c2ccccc2)n(CCn2cccc2)c1. The van der Waals surface area contributed by atoms with E-state index in [0.717, 1.165) is 24.3 Å². The summed E-state index contributed by atoms with van der Waals surface area (Å²) in [4.78, 5) is 11.4. The molecule has 1 amide bonds. The van der Waals surface area contributed by atoms with Crippen molar-refractivity contribution < 1.29 is 4.79 Å². The smallest absolute Gasteiger partial charge is 0.250 e. The average molecular weight is 279 g/mol. The molecule has 4 nitrogen and oxygen atoms in total. The quantitative estimate of drug-likeness (QED) is 0.767. The van der Waals surface area contributed by atoms with Gasteiger partial charge in [0.15, 0.2) is 0 Å². The highest BCUT2D eigenvalue weighted by Gasteiger charge is 2.11. The van der Waals surface area contributed by atoms with Crippen molar-refractivity contribution in [1.29, 1.82) is 0 Å². The Morgan fingerprint density at radius 1 is 1.00 bits per heavy atom. The van der Waals surface area contributed by atoms with Gasteiger partial charge in [0, 0.05) is 37.4 Å². The summed E-state index contributed by atoms with van der Waals surface area (Å²) in [6, 6.07) is 15.9. The van der Waals surface area contributed by atoms with Crippen LogP contribution < -0.4 is 5.73 Å². The molecule has 3 aromatic rings. The van der Waals surface area contributed by atoms with Crippen molar-refractivity contribution in [1.82, 2.24) is 9.13 Å². The highest BCUT2D eigenvalue weighted by molar-refractivity contribution is 5.94. The van der Waals surface area contributed by atoms with E-state index in [-0.39, 0.29) is 0 Å². The Labute approximate surface area is 123 Å². The van der Waals surface area contributed by atoms with Gasteiger partial charge in [0.1, 0.15) is 0 Å². The highest BCUT2D eigenvalue weighted by atomic mass is 16.1. The molecule has 0 spiro atoms. The largest absolute Gasteiger partial charge is 0.366 e. The number of hydrogen-bond donors (Lipinski definition) is 1. The van der Waals surface area contributed by atoms with Crippen LogP contribution in [0.15, 0.2) is 67.1 Å². The molecular formula is C17H17N3O. The zero-order valence-electron chi connectivity index (χ0n) is 11.6. The van der Waals surface area contributed by atoms with Crippen molar-refractivity contribution >= 4 is 5.91 Å². The minimum absolute atomic E-state index is 0.396. The van der Waals surface area contributed by atoms with Gasteiger partial charge in [-0.3, -0.25) is 4.79 Å². The molecule has 0 fully saturated rings. The summed E-state index contributed by atoms with van der Waals surface area (Å²) in [5, 5.41) is 0. The van der Waals surface area contributed by atoms with E-state index in [0.29, 0.717) is 5.56 Å². The maximum Gasteiger partial charge on any atom is 0.250 e.